The third-order valence-electron chi connectivity index (χ3n) is 3.30. The molecule has 0 aliphatic carbocycles. The van der Waals surface area contributed by atoms with Crippen molar-refractivity contribution >= 4 is 10.9 Å². The third-order valence-corrected chi connectivity index (χ3v) is 3.30. The first-order valence-corrected chi connectivity index (χ1v) is 6.22. The molecule has 3 nitrogen and oxygen atoms in total. The number of benzene rings is 1. The number of hydrogen-bond donors (Lipinski definition) is 2. The van der Waals surface area contributed by atoms with Crippen molar-refractivity contribution in [2.75, 3.05) is 20.1 Å². The van der Waals surface area contributed by atoms with E-state index in [9.17, 15) is 5.11 Å². The fraction of sp³-hybridized carbons (Fsp3) is 0.333. The number of fused-ring (bicyclic) bond motifs is 1. The Hall–Kier alpha value is -1.74. The van der Waals surface area contributed by atoms with Gasteiger partial charge in [-0.3, -0.25) is 0 Å². The number of aromatic amines is 1. The van der Waals surface area contributed by atoms with Gasteiger partial charge in [-0.05, 0) is 38.1 Å². The summed E-state index contributed by atoms with van der Waals surface area (Å²) < 4.78 is 0. The molecule has 3 heteroatoms. The van der Waals surface area contributed by atoms with E-state index in [0.29, 0.717) is 5.75 Å². The number of H-pyrrole nitrogens is 1. The second-order valence-electron chi connectivity index (χ2n) is 4.73. The number of nitrogens with zero attached hydrogens (tertiary/aromatic N) is 1. The topological polar surface area (TPSA) is 39.3 Å². The Kier molecular flexibility index (Phi) is 3.72. The van der Waals surface area contributed by atoms with Crippen molar-refractivity contribution in [1.29, 1.82) is 0 Å². The molecule has 0 fully saturated rings. The van der Waals surface area contributed by atoms with Gasteiger partial charge in [0.1, 0.15) is 5.75 Å². The van der Waals surface area contributed by atoms with Gasteiger partial charge in [-0.1, -0.05) is 12.1 Å². The van der Waals surface area contributed by atoms with Crippen LogP contribution in [0, 0.1) is 6.92 Å². The molecule has 2 aromatic rings. The second kappa shape index (κ2) is 5.27. The molecule has 0 aliphatic rings. The average molecular weight is 244 g/mol. The maximum atomic E-state index is 9.98. The molecule has 1 aromatic heterocycles. The number of rotatable bonds is 5. The summed E-state index contributed by atoms with van der Waals surface area (Å²) in [5.74, 6) is 0.359. The van der Waals surface area contributed by atoms with Crippen molar-refractivity contribution in [3.05, 3.63) is 42.1 Å². The molecule has 0 atom stereocenters. The highest BCUT2D eigenvalue weighted by Gasteiger charge is 2.12. The molecule has 18 heavy (non-hydrogen) atoms. The van der Waals surface area contributed by atoms with Crippen molar-refractivity contribution in [1.82, 2.24) is 9.88 Å². The minimum Gasteiger partial charge on any atom is -0.507 e. The van der Waals surface area contributed by atoms with E-state index in [2.05, 4.69) is 30.4 Å². The molecule has 2 N–H and O–H groups in total. The van der Waals surface area contributed by atoms with Gasteiger partial charge in [-0.15, -0.1) is 6.58 Å². The number of likely N-dealkylation sites (N-methyl/N-ethyl adjacent to an activating group) is 1. The smallest absolute Gasteiger partial charge is 0.125 e. The van der Waals surface area contributed by atoms with Gasteiger partial charge in [-0.25, -0.2) is 0 Å². The van der Waals surface area contributed by atoms with Gasteiger partial charge in [0.05, 0.1) is 0 Å². The highest BCUT2D eigenvalue weighted by Crippen LogP contribution is 2.30. The van der Waals surface area contributed by atoms with Crippen LogP contribution >= 0.6 is 0 Å². The zero-order valence-electron chi connectivity index (χ0n) is 11.0. The summed E-state index contributed by atoms with van der Waals surface area (Å²) in [6.45, 7) is 7.63. The van der Waals surface area contributed by atoms with E-state index in [1.807, 2.05) is 18.2 Å². The maximum absolute atomic E-state index is 9.98. The van der Waals surface area contributed by atoms with Crippen LogP contribution < -0.4 is 0 Å². The van der Waals surface area contributed by atoms with Gasteiger partial charge in [-0.2, -0.15) is 0 Å². The van der Waals surface area contributed by atoms with Crippen LogP contribution in [0.5, 0.6) is 5.75 Å². The molecule has 0 saturated heterocycles. The van der Waals surface area contributed by atoms with Gasteiger partial charge in [0.15, 0.2) is 0 Å². The monoisotopic (exact) mass is 244 g/mol. The molecule has 0 radical (unpaired) electrons. The Morgan fingerprint density at radius 2 is 2.22 bits per heavy atom. The third kappa shape index (κ3) is 2.41. The first-order valence-electron chi connectivity index (χ1n) is 6.22. The van der Waals surface area contributed by atoms with Crippen molar-refractivity contribution in [2.24, 2.45) is 0 Å². The van der Waals surface area contributed by atoms with Crippen LogP contribution in [0.2, 0.25) is 0 Å². The first kappa shape index (κ1) is 12.7. The molecule has 0 bridgehead atoms. The van der Waals surface area contributed by atoms with E-state index < -0.39 is 0 Å². The Morgan fingerprint density at radius 3 is 2.94 bits per heavy atom. The van der Waals surface area contributed by atoms with E-state index in [0.717, 1.165) is 36.1 Å². The molecule has 1 aromatic carbocycles. The summed E-state index contributed by atoms with van der Waals surface area (Å²) in [5.41, 5.74) is 3.35. The summed E-state index contributed by atoms with van der Waals surface area (Å²) in [7, 11) is 2.08. The van der Waals surface area contributed by atoms with Gasteiger partial charge in [0, 0.05) is 29.7 Å². The highest BCUT2D eigenvalue weighted by atomic mass is 16.3. The Labute approximate surface area is 108 Å². The van der Waals surface area contributed by atoms with E-state index in [1.54, 1.807) is 6.07 Å². The molecule has 1 heterocycles. The molecule has 0 amide bonds. The quantitative estimate of drug-likeness (QED) is 0.794. The Morgan fingerprint density at radius 1 is 1.44 bits per heavy atom. The van der Waals surface area contributed by atoms with Crippen LogP contribution in [0.3, 0.4) is 0 Å². The molecule has 0 aliphatic heterocycles. The second-order valence-corrected chi connectivity index (χ2v) is 4.73. The van der Waals surface area contributed by atoms with Crippen LogP contribution in [0.15, 0.2) is 30.9 Å². The van der Waals surface area contributed by atoms with Crippen LogP contribution in [-0.2, 0) is 6.42 Å². The van der Waals surface area contributed by atoms with Crippen molar-refractivity contribution in [3.8, 4) is 5.75 Å². The van der Waals surface area contributed by atoms with E-state index in [4.69, 9.17) is 0 Å². The molecule has 0 unspecified atom stereocenters. The lowest BCUT2D eigenvalue weighted by molar-refractivity contribution is 0.375. The Bertz CT molecular complexity index is 557. The van der Waals surface area contributed by atoms with E-state index in [1.165, 1.54) is 5.56 Å². The van der Waals surface area contributed by atoms with Gasteiger partial charge in [0.2, 0.25) is 0 Å². The minimum absolute atomic E-state index is 0.359. The van der Waals surface area contributed by atoms with Crippen LogP contribution in [-0.4, -0.2) is 35.1 Å². The summed E-state index contributed by atoms with van der Waals surface area (Å²) in [4.78, 5) is 5.54. The largest absolute Gasteiger partial charge is 0.507 e. The lowest BCUT2D eigenvalue weighted by Crippen LogP contribution is -2.21. The predicted octanol–water partition coefficient (Wildman–Crippen LogP) is 2.84. The SMILES string of the molecule is C=CCN(C)CCc1c(C)[nH]c2cccc(O)c12. The zero-order valence-corrected chi connectivity index (χ0v) is 11.0. The number of hydrogen-bond acceptors (Lipinski definition) is 2. The van der Waals surface area contributed by atoms with Crippen LogP contribution in [0.25, 0.3) is 10.9 Å². The van der Waals surface area contributed by atoms with Gasteiger partial charge >= 0.3 is 0 Å². The normalized spacial score (nSPS) is 11.3. The van der Waals surface area contributed by atoms with Gasteiger partial charge in [0.25, 0.3) is 0 Å². The lowest BCUT2D eigenvalue weighted by Gasteiger charge is -2.14. The lowest BCUT2D eigenvalue weighted by atomic mass is 10.1. The summed E-state index contributed by atoms with van der Waals surface area (Å²) in [6, 6.07) is 5.60. The number of phenols is 1. The van der Waals surface area contributed by atoms with Crippen LogP contribution in [0.4, 0.5) is 0 Å². The first-order chi connectivity index (χ1) is 8.63. The number of aromatic nitrogens is 1. The fourth-order valence-electron chi connectivity index (χ4n) is 2.35. The average Bonchev–Trinajstić information content (AvgIpc) is 2.64. The fourth-order valence-corrected chi connectivity index (χ4v) is 2.35. The minimum atomic E-state index is 0.359. The van der Waals surface area contributed by atoms with Gasteiger partial charge < -0.3 is 15.0 Å². The zero-order chi connectivity index (χ0) is 13.1. The van der Waals surface area contributed by atoms with Crippen LogP contribution in [0.1, 0.15) is 11.3 Å². The molecule has 96 valence electrons. The molecule has 2 rings (SSSR count). The predicted molar refractivity (Wildman–Crippen MR) is 76.1 cm³/mol. The molecule has 0 saturated carbocycles. The Balaban J connectivity index is 2.27. The summed E-state index contributed by atoms with van der Waals surface area (Å²) in [6.07, 6.45) is 2.83. The molecule has 0 spiro atoms. The van der Waals surface area contributed by atoms with E-state index >= 15 is 0 Å². The number of aryl methyl sites for hydroxylation is 1. The van der Waals surface area contributed by atoms with Crippen molar-refractivity contribution < 1.29 is 5.11 Å². The number of aromatic hydroxyl groups is 1. The maximum Gasteiger partial charge on any atom is 0.125 e. The summed E-state index contributed by atoms with van der Waals surface area (Å²) >= 11 is 0. The van der Waals surface area contributed by atoms with Crippen molar-refractivity contribution in [3.63, 3.8) is 0 Å². The van der Waals surface area contributed by atoms with Crippen molar-refractivity contribution in [2.45, 2.75) is 13.3 Å². The van der Waals surface area contributed by atoms with E-state index in [-0.39, 0.29) is 0 Å². The molecular weight excluding hydrogens is 224 g/mol. The number of phenolic OH excluding ortho intramolecular Hbond substituents is 1. The number of nitrogens with one attached hydrogen (secondary N) is 1. The standard InChI is InChI=1S/C15H20N2O/c1-4-9-17(3)10-8-12-11(2)16-13-6-5-7-14(18)15(12)13/h4-7,16,18H,1,8-10H2,2-3H3. The highest BCUT2D eigenvalue weighted by molar-refractivity contribution is 5.90. The summed E-state index contributed by atoms with van der Waals surface area (Å²) in [5, 5.41) is 10.9. The molecular formula is C15H20N2O.